The maximum Gasteiger partial charge on any atom is 0.573 e. The van der Waals surface area contributed by atoms with E-state index in [0.29, 0.717) is 53.3 Å². The van der Waals surface area contributed by atoms with Crippen LogP contribution in [0, 0.1) is 6.92 Å². The predicted octanol–water partition coefficient (Wildman–Crippen LogP) is 5.06. The predicted molar refractivity (Wildman–Crippen MR) is 136 cm³/mol. The number of piperidine rings is 1. The number of thiophene rings is 1. The first kappa shape index (κ1) is 27.0. The summed E-state index contributed by atoms with van der Waals surface area (Å²) in [6.07, 6.45) is -4.03. The minimum Gasteiger partial charge on any atom is -0.611 e. The Bertz CT molecular complexity index is 1290. The summed E-state index contributed by atoms with van der Waals surface area (Å²) in [6.45, 7) is 4.67. The number of benzene rings is 1. The lowest BCUT2D eigenvalue weighted by Gasteiger charge is -2.32. The number of pyridine rings is 1. The maximum atomic E-state index is 13.6. The Morgan fingerprint density at radius 1 is 1.24 bits per heavy atom. The van der Waals surface area contributed by atoms with E-state index in [1.165, 1.54) is 23.5 Å². The second kappa shape index (κ2) is 11.2. The van der Waals surface area contributed by atoms with Crippen LogP contribution in [0.25, 0.3) is 10.2 Å². The van der Waals surface area contributed by atoms with Crippen molar-refractivity contribution in [3.8, 4) is 5.75 Å². The number of halogens is 3. The lowest BCUT2D eigenvalue weighted by molar-refractivity contribution is -0.274. The van der Waals surface area contributed by atoms with Gasteiger partial charge in [0.15, 0.2) is 4.90 Å². The van der Waals surface area contributed by atoms with Crippen LogP contribution in [0.2, 0.25) is 0 Å². The summed E-state index contributed by atoms with van der Waals surface area (Å²) < 4.78 is 54.7. The van der Waals surface area contributed by atoms with Crippen LogP contribution in [0.1, 0.15) is 35.8 Å². The molecular formula is C24H25F3N4O4S2. The number of ether oxygens (including phenoxy) is 1. The number of rotatable bonds is 6. The molecule has 0 radical (unpaired) electrons. The fourth-order valence-electron chi connectivity index (χ4n) is 4.10. The van der Waals surface area contributed by atoms with Gasteiger partial charge in [0.1, 0.15) is 20.8 Å². The molecule has 1 aliphatic rings. The number of carbonyl (C=O) groups is 2. The van der Waals surface area contributed by atoms with Crippen molar-refractivity contribution in [1.29, 1.82) is 0 Å². The lowest BCUT2D eigenvalue weighted by Crippen LogP contribution is -2.42. The average Bonchev–Trinajstić information content (AvgIpc) is 3.19. The number of likely N-dealkylation sites (tertiary alicyclic amines) is 1. The van der Waals surface area contributed by atoms with Crippen LogP contribution >= 0.6 is 11.3 Å². The van der Waals surface area contributed by atoms with E-state index in [4.69, 9.17) is 0 Å². The number of fused-ring (bicyclic) bond motifs is 1. The molecule has 1 unspecified atom stereocenters. The Kier molecular flexibility index (Phi) is 8.14. The van der Waals surface area contributed by atoms with Gasteiger partial charge >= 0.3 is 12.4 Å². The van der Waals surface area contributed by atoms with Crippen LogP contribution in [-0.2, 0) is 11.2 Å². The van der Waals surface area contributed by atoms with Crippen LogP contribution in [0.15, 0.2) is 41.3 Å². The van der Waals surface area contributed by atoms with Gasteiger partial charge in [-0.2, -0.15) is 0 Å². The van der Waals surface area contributed by atoms with Crippen molar-refractivity contribution in [3.63, 3.8) is 0 Å². The molecule has 13 heteroatoms. The highest BCUT2D eigenvalue weighted by atomic mass is 32.2. The number of aryl methyl sites for hydroxylation is 1. The highest BCUT2D eigenvalue weighted by molar-refractivity contribution is 7.92. The third-order valence-electron chi connectivity index (χ3n) is 5.78. The first-order valence-electron chi connectivity index (χ1n) is 11.6. The molecule has 0 saturated carbocycles. The van der Waals surface area contributed by atoms with Crippen molar-refractivity contribution in [2.75, 3.05) is 25.0 Å². The van der Waals surface area contributed by atoms with Crippen LogP contribution in [0.3, 0.4) is 0 Å². The summed E-state index contributed by atoms with van der Waals surface area (Å²) in [5.41, 5.74) is 1.14. The Morgan fingerprint density at radius 2 is 1.97 bits per heavy atom. The normalized spacial score (nSPS) is 15.5. The Morgan fingerprint density at radius 3 is 2.65 bits per heavy atom. The summed E-state index contributed by atoms with van der Waals surface area (Å²) in [5.74, 6) is -0.695. The van der Waals surface area contributed by atoms with E-state index >= 15 is 0 Å². The number of alkyl halides is 3. The molecule has 3 heterocycles. The fraction of sp³-hybridized carbons (Fsp3) is 0.375. The number of carbonyl (C=O) groups excluding carboxylic acids is 2. The summed E-state index contributed by atoms with van der Waals surface area (Å²) in [6, 6.07) is 8.34. The molecule has 2 aromatic heterocycles. The molecule has 4 rings (SSSR count). The number of nitrogens with zero attached hydrogens (tertiary/aromatic N) is 2. The molecule has 3 aromatic rings. The topological polar surface area (TPSA) is 107 Å². The van der Waals surface area contributed by atoms with Gasteiger partial charge in [0, 0.05) is 49.6 Å². The standard InChI is InChI=1S/C24H25F3N4O4S2/c1-3-28-23(33)30-21-19(18-8-7-14(2)29-20(18)36-21)22(32)31-11-9-16(10-12-31)37(34)17-6-4-5-15(13-17)35-24(25,26)27/h4-8,13,16H,3,9-12H2,1-2H3,(H2,28,30,33). The van der Waals surface area contributed by atoms with Gasteiger partial charge in [-0.05, 0) is 49.3 Å². The Hall–Kier alpha value is -3.03. The van der Waals surface area contributed by atoms with E-state index in [-0.39, 0.29) is 16.1 Å². The second-order valence-electron chi connectivity index (χ2n) is 8.41. The van der Waals surface area contributed by atoms with Crippen molar-refractivity contribution in [1.82, 2.24) is 15.2 Å². The molecule has 1 saturated heterocycles. The smallest absolute Gasteiger partial charge is 0.573 e. The highest BCUT2D eigenvalue weighted by Crippen LogP contribution is 2.37. The second-order valence-corrected chi connectivity index (χ2v) is 11.1. The van der Waals surface area contributed by atoms with E-state index in [1.54, 1.807) is 17.9 Å². The van der Waals surface area contributed by atoms with Gasteiger partial charge in [-0.15, -0.1) is 13.2 Å². The fourth-order valence-corrected chi connectivity index (χ4v) is 6.67. The molecule has 0 spiro atoms. The molecule has 8 nitrogen and oxygen atoms in total. The van der Waals surface area contributed by atoms with Gasteiger partial charge in [0.05, 0.1) is 5.56 Å². The van der Waals surface area contributed by atoms with Crippen LogP contribution in [0.5, 0.6) is 5.75 Å². The van der Waals surface area contributed by atoms with Gasteiger partial charge in [-0.25, -0.2) is 9.78 Å². The van der Waals surface area contributed by atoms with Crippen molar-refractivity contribution >= 4 is 49.7 Å². The van der Waals surface area contributed by atoms with Crippen molar-refractivity contribution in [2.45, 2.75) is 43.2 Å². The molecule has 1 atom stereocenters. The highest BCUT2D eigenvalue weighted by Gasteiger charge is 2.35. The Labute approximate surface area is 218 Å². The number of anilines is 1. The monoisotopic (exact) mass is 554 g/mol. The number of hydrogen-bond acceptors (Lipinski definition) is 6. The first-order chi connectivity index (χ1) is 17.6. The summed E-state index contributed by atoms with van der Waals surface area (Å²) in [7, 11) is 0. The molecular weight excluding hydrogens is 529 g/mol. The van der Waals surface area contributed by atoms with Crippen LogP contribution in [0.4, 0.5) is 23.0 Å². The summed E-state index contributed by atoms with van der Waals surface area (Å²) in [5, 5.41) is 6.11. The zero-order valence-corrected chi connectivity index (χ0v) is 21.7. The van der Waals surface area contributed by atoms with Gasteiger partial charge in [-0.1, -0.05) is 17.4 Å². The number of urea groups is 1. The van der Waals surface area contributed by atoms with Crippen LogP contribution in [-0.4, -0.2) is 57.6 Å². The van der Waals surface area contributed by atoms with Gasteiger partial charge in [0.2, 0.25) is 0 Å². The molecule has 2 N–H and O–H groups in total. The molecule has 37 heavy (non-hydrogen) atoms. The molecule has 3 amide bonds. The first-order valence-corrected chi connectivity index (χ1v) is 13.6. The summed E-state index contributed by atoms with van der Waals surface area (Å²) in [4.78, 5) is 32.8. The lowest BCUT2D eigenvalue weighted by atomic mass is 10.1. The third kappa shape index (κ3) is 6.46. The Balaban J connectivity index is 1.49. The van der Waals surface area contributed by atoms with Crippen molar-refractivity contribution in [2.24, 2.45) is 0 Å². The average molecular weight is 555 g/mol. The molecule has 0 bridgehead atoms. The van der Waals surface area contributed by atoms with Gasteiger partial charge < -0.3 is 19.5 Å². The van der Waals surface area contributed by atoms with Crippen molar-refractivity contribution in [3.05, 3.63) is 47.7 Å². The quantitative estimate of drug-likeness (QED) is 0.415. The number of nitrogens with one attached hydrogen (secondary N) is 2. The zero-order valence-electron chi connectivity index (χ0n) is 20.1. The molecule has 1 aliphatic heterocycles. The molecule has 1 aromatic carbocycles. The number of aromatic nitrogens is 1. The van der Waals surface area contributed by atoms with Crippen molar-refractivity contribution < 1.29 is 32.0 Å². The summed E-state index contributed by atoms with van der Waals surface area (Å²) >= 11 is -0.350. The van der Waals surface area contributed by atoms with E-state index < -0.39 is 29.3 Å². The maximum absolute atomic E-state index is 13.6. The molecule has 0 aliphatic carbocycles. The molecule has 198 valence electrons. The zero-order chi connectivity index (χ0) is 26.7. The minimum atomic E-state index is -4.84. The SMILES string of the molecule is CCNC(=O)Nc1sc2nc(C)ccc2c1C(=O)N1CCC([S+]([O-])c2cccc(OC(F)(F)F)c2)CC1. The number of amides is 3. The third-order valence-corrected chi connectivity index (χ3v) is 8.59. The van der Waals surface area contributed by atoms with E-state index in [2.05, 4.69) is 20.4 Å². The van der Waals surface area contributed by atoms with E-state index in [9.17, 15) is 27.3 Å². The van der Waals surface area contributed by atoms with Gasteiger partial charge in [0.25, 0.3) is 5.91 Å². The van der Waals surface area contributed by atoms with E-state index in [0.717, 1.165) is 17.8 Å². The number of hydrogen-bond donors (Lipinski definition) is 2. The van der Waals surface area contributed by atoms with E-state index in [1.807, 2.05) is 13.0 Å². The van der Waals surface area contributed by atoms with Crippen LogP contribution < -0.4 is 15.4 Å². The molecule has 1 fully saturated rings. The van der Waals surface area contributed by atoms with Gasteiger partial charge in [-0.3, -0.25) is 10.1 Å². The minimum absolute atomic E-state index is 0.241. The largest absolute Gasteiger partial charge is 0.611 e.